The number of hydrogen-bond acceptors (Lipinski definition) is 7. The molecular weight excluding hydrogens is 472 g/mol. The van der Waals surface area contributed by atoms with Gasteiger partial charge in [0.2, 0.25) is 10.0 Å². The quantitative estimate of drug-likeness (QED) is 0.559. The predicted molar refractivity (Wildman–Crippen MR) is 122 cm³/mol. The monoisotopic (exact) mass is 496 g/mol. The average Bonchev–Trinajstić information content (AvgIpc) is 2.80. The van der Waals surface area contributed by atoms with Crippen LogP contribution in [0.25, 0.3) is 0 Å². The van der Waals surface area contributed by atoms with E-state index in [9.17, 15) is 18.0 Å². The van der Waals surface area contributed by atoms with Crippen molar-refractivity contribution in [3.8, 4) is 5.75 Å². The first kappa shape index (κ1) is 25.0. The molecule has 1 aliphatic heterocycles. The second-order valence-electron chi connectivity index (χ2n) is 7.42. The second kappa shape index (κ2) is 11.0. The number of nitrogens with one attached hydrogen (secondary N) is 1. The Bertz CT molecular complexity index is 1130. The minimum absolute atomic E-state index is 0.0111. The van der Waals surface area contributed by atoms with Crippen molar-refractivity contribution in [3.05, 3.63) is 52.5 Å². The van der Waals surface area contributed by atoms with E-state index in [-0.39, 0.29) is 35.3 Å². The second-order valence-corrected chi connectivity index (χ2v) is 9.77. The number of ether oxygens (including phenoxy) is 3. The van der Waals surface area contributed by atoms with E-state index in [0.29, 0.717) is 19.0 Å². The topological polar surface area (TPSA) is 111 Å². The largest absolute Gasteiger partial charge is 0.482 e. The lowest BCUT2D eigenvalue weighted by molar-refractivity contribution is -0.149. The van der Waals surface area contributed by atoms with Gasteiger partial charge in [0.25, 0.3) is 5.91 Å². The maximum absolute atomic E-state index is 12.8. The maximum atomic E-state index is 12.8. The Hall–Kier alpha value is -2.66. The van der Waals surface area contributed by atoms with Gasteiger partial charge >= 0.3 is 5.97 Å². The van der Waals surface area contributed by atoms with Gasteiger partial charge in [0.05, 0.1) is 28.8 Å². The predicted octanol–water partition coefficient (Wildman–Crippen LogP) is 2.54. The molecule has 0 unspecified atom stereocenters. The molecule has 0 atom stereocenters. The first-order valence-electron chi connectivity index (χ1n) is 10.2. The molecule has 2 aromatic carbocycles. The fourth-order valence-corrected chi connectivity index (χ4v) is 4.67. The van der Waals surface area contributed by atoms with Gasteiger partial charge < -0.3 is 19.5 Å². The average molecular weight is 497 g/mol. The van der Waals surface area contributed by atoms with E-state index in [4.69, 9.17) is 25.8 Å². The Morgan fingerprint density at radius 2 is 1.82 bits per heavy atom. The summed E-state index contributed by atoms with van der Waals surface area (Å²) in [5.74, 6) is -0.833. The van der Waals surface area contributed by atoms with Crippen LogP contribution in [-0.2, 0) is 29.1 Å². The van der Waals surface area contributed by atoms with Gasteiger partial charge in [0, 0.05) is 13.1 Å². The van der Waals surface area contributed by atoms with Gasteiger partial charge in [-0.05, 0) is 49.2 Å². The summed E-state index contributed by atoms with van der Waals surface area (Å²) in [5.41, 5.74) is 1.95. The first-order chi connectivity index (χ1) is 15.7. The number of morpholine rings is 1. The highest BCUT2D eigenvalue weighted by molar-refractivity contribution is 7.89. The molecule has 3 rings (SSSR count). The van der Waals surface area contributed by atoms with Gasteiger partial charge in [0.15, 0.2) is 13.2 Å². The molecule has 1 aliphatic rings. The minimum atomic E-state index is -3.76. The lowest BCUT2D eigenvalue weighted by Crippen LogP contribution is -2.40. The normalized spacial score (nSPS) is 14.5. The van der Waals surface area contributed by atoms with Crippen molar-refractivity contribution in [1.29, 1.82) is 0 Å². The smallest absolute Gasteiger partial charge is 0.344 e. The van der Waals surface area contributed by atoms with Crippen molar-refractivity contribution in [2.45, 2.75) is 18.7 Å². The molecule has 33 heavy (non-hydrogen) atoms. The van der Waals surface area contributed by atoms with E-state index in [1.807, 2.05) is 26.0 Å². The van der Waals surface area contributed by atoms with Crippen molar-refractivity contribution in [2.24, 2.45) is 0 Å². The van der Waals surface area contributed by atoms with Crippen molar-refractivity contribution in [3.63, 3.8) is 0 Å². The van der Waals surface area contributed by atoms with Crippen molar-refractivity contribution in [1.82, 2.24) is 4.31 Å². The Morgan fingerprint density at radius 3 is 2.55 bits per heavy atom. The number of carbonyl (C=O) groups excluding carboxylic acids is 2. The Labute approximate surface area is 197 Å². The molecule has 1 heterocycles. The zero-order valence-electron chi connectivity index (χ0n) is 18.3. The molecule has 1 fully saturated rings. The highest BCUT2D eigenvalue weighted by atomic mass is 35.5. The summed E-state index contributed by atoms with van der Waals surface area (Å²) in [4.78, 5) is 24.2. The lowest BCUT2D eigenvalue weighted by atomic mass is 10.1. The molecule has 1 N–H and O–H groups in total. The molecule has 0 bridgehead atoms. The summed E-state index contributed by atoms with van der Waals surface area (Å²) < 4.78 is 42.5. The minimum Gasteiger partial charge on any atom is -0.482 e. The van der Waals surface area contributed by atoms with E-state index in [0.717, 1.165) is 11.1 Å². The third-order valence-corrected chi connectivity index (χ3v) is 7.10. The Kier molecular flexibility index (Phi) is 8.30. The zero-order chi connectivity index (χ0) is 24.0. The third kappa shape index (κ3) is 6.67. The molecule has 0 aromatic heterocycles. The van der Waals surface area contributed by atoms with Crippen LogP contribution < -0.4 is 10.1 Å². The highest BCUT2D eigenvalue weighted by Crippen LogP contribution is 2.27. The standard InChI is InChI=1S/C22H25ClN2O7S/c1-15-3-4-16(2)20(11-15)31-14-22(27)32-13-21(26)24-19-12-17(5-6-18(19)23)33(28,29)25-7-9-30-10-8-25/h3-6,11-12H,7-10,13-14H2,1-2H3,(H,24,26). The number of halogens is 1. The molecular formula is C22H25ClN2O7S. The van der Waals surface area contributed by atoms with E-state index in [1.54, 1.807) is 6.07 Å². The fraction of sp³-hybridized carbons (Fsp3) is 0.364. The number of benzene rings is 2. The first-order valence-corrected chi connectivity index (χ1v) is 12.0. The third-order valence-electron chi connectivity index (χ3n) is 4.87. The van der Waals surface area contributed by atoms with E-state index in [2.05, 4.69) is 5.32 Å². The molecule has 178 valence electrons. The van der Waals surface area contributed by atoms with Crippen LogP contribution in [0, 0.1) is 13.8 Å². The van der Waals surface area contributed by atoms with E-state index in [1.165, 1.54) is 22.5 Å². The van der Waals surface area contributed by atoms with Crippen LogP contribution in [0.3, 0.4) is 0 Å². The molecule has 11 heteroatoms. The summed E-state index contributed by atoms with van der Waals surface area (Å²) in [6.07, 6.45) is 0. The van der Waals surface area contributed by atoms with E-state index < -0.39 is 28.5 Å². The van der Waals surface area contributed by atoms with Gasteiger partial charge in [-0.2, -0.15) is 4.31 Å². The SMILES string of the molecule is Cc1ccc(C)c(OCC(=O)OCC(=O)Nc2cc(S(=O)(=O)N3CCOCC3)ccc2Cl)c1. The van der Waals surface area contributed by atoms with Crippen LogP contribution in [0.1, 0.15) is 11.1 Å². The highest BCUT2D eigenvalue weighted by Gasteiger charge is 2.27. The zero-order valence-corrected chi connectivity index (χ0v) is 19.9. The summed E-state index contributed by atoms with van der Waals surface area (Å²) in [6, 6.07) is 9.63. The van der Waals surface area contributed by atoms with Crippen LogP contribution in [0.5, 0.6) is 5.75 Å². The number of sulfonamides is 1. The van der Waals surface area contributed by atoms with Gasteiger partial charge in [-0.3, -0.25) is 4.79 Å². The number of nitrogens with zero attached hydrogens (tertiary/aromatic N) is 1. The Morgan fingerprint density at radius 1 is 1.09 bits per heavy atom. The number of aryl methyl sites for hydroxylation is 2. The number of carbonyl (C=O) groups is 2. The molecule has 0 aliphatic carbocycles. The molecule has 9 nitrogen and oxygen atoms in total. The molecule has 0 saturated carbocycles. The van der Waals surface area contributed by atoms with Gasteiger partial charge in [0.1, 0.15) is 5.75 Å². The fourth-order valence-electron chi connectivity index (χ4n) is 3.07. The number of amides is 1. The number of esters is 1. The van der Waals surface area contributed by atoms with Crippen LogP contribution >= 0.6 is 11.6 Å². The molecule has 2 aromatic rings. The lowest BCUT2D eigenvalue weighted by Gasteiger charge is -2.26. The Balaban J connectivity index is 1.56. The van der Waals surface area contributed by atoms with Crippen molar-refractivity contribution >= 4 is 39.2 Å². The van der Waals surface area contributed by atoms with Gasteiger partial charge in [-0.25, -0.2) is 13.2 Å². The van der Waals surface area contributed by atoms with Crippen molar-refractivity contribution in [2.75, 3.05) is 44.8 Å². The molecule has 0 radical (unpaired) electrons. The summed E-state index contributed by atoms with van der Waals surface area (Å²) in [5, 5.41) is 2.62. The van der Waals surface area contributed by atoms with Crippen LogP contribution in [0.2, 0.25) is 5.02 Å². The molecule has 1 saturated heterocycles. The number of rotatable bonds is 8. The van der Waals surface area contributed by atoms with Crippen LogP contribution in [0.4, 0.5) is 5.69 Å². The summed E-state index contributed by atoms with van der Waals surface area (Å²) in [6.45, 7) is 3.94. The van der Waals surface area contributed by atoms with Gasteiger partial charge in [-0.15, -0.1) is 0 Å². The molecule has 1 amide bonds. The molecule has 0 spiro atoms. The van der Waals surface area contributed by atoms with E-state index >= 15 is 0 Å². The van der Waals surface area contributed by atoms with Crippen molar-refractivity contribution < 1.29 is 32.2 Å². The van der Waals surface area contributed by atoms with Crippen LogP contribution in [-0.4, -0.2) is 64.1 Å². The van der Waals surface area contributed by atoms with Crippen LogP contribution in [0.15, 0.2) is 41.3 Å². The summed E-state index contributed by atoms with van der Waals surface area (Å²) in [7, 11) is -3.76. The van der Waals surface area contributed by atoms with Gasteiger partial charge in [-0.1, -0.05) is 23.7 Å². The number of anilines is 1. The summed E-state index contributed by atoms with van der Waals surface area (Å²) >= 11 is 6.11. The number of hydrogen-bond donors (Lipinski definition) is 1. The maximum Gasteiger partial charge on any atom is 0.344 e.